The maximum Gasteiger partial charge on any atom is 0.241 e. The van der Waals surface area contributed by atoms with E-state index in [0.29, 0.717) is 24.7 Å². The van der Waals surface area contributed by atoms with Crippen molar-refractivity contribution in [2.24, 2.45) is 0 Å². The number of hydrogen-bond donors (Lipinski definition) is 1. The Kier molecular flexibility index (Phi) is 5.86. The molecule has 0 fully saturated rings. The molecular weight excluding hydrogens is 462 g/mol. The van der Waals surface area contributed by atoms with Crippen LogP contribution >= 0.6 is 23.1 Å². The van der Waals surface area contributed by atoms with Gasteiger partial charge in [-0.15, -0.1) is 23.1 Å². The van der Waals surface area contributed by atoms with Crippen LogP contribution in [0.5, 0.6) is 11.5 Å². The summed E-state index contributed by atoms with van der Waals surface area (Å²) in [5.41, 5.74) is 0.924. The van der Waals surface area contributed by atoms with Crippen molar-refractivity contribution in [3.8, 4) is 11.5 Å². The molecule has 32 heavy (non-hydrogen) atoms. The molecule has 0 bridgehead atoms. The van der Waals surface area contributed by atoms with E-state index in [1.165, 1.54) is 6.07 Å². The van der Waals surface area contributed by atoms with E-state index in [1.54, 1.807) is 35.2 Å². The van der Waals surface area contributed by atoms with Crippen LogP contribution in [0.15, 0.2) is 82.6 Å². The summed E-state index contributed by atoms with van der Waals surface area (Å²) in [4.78, 5) is 2.11. The summed E-state index contributed by atoms with van der Waals surface area (Å²) >= 11 is 3.20. The van der Waals surface area contributed by atoms with E-state index < -0.39 is 16.1 Å². The average Bonchev–Trinajstić information content (AvgIpc) is 3.26. The van der Waals surface area contributed by atoms with E-state index in [-0.39, 0.29) is 4.90 Å². The average molecular weight is 484 g/mol. The number of nitrogens with one attached hydrogen (secondary N) is 1. The van der Waals surface area contributed by atoms with Crippen molar-refractivity contribution in [2.75, 3.05) is 19.5 Å². The van der Waals surface area contributed by atoms with Crippen molar-refractivity contribution in [2.45, 2.75) is 15.8 Å². The second kappa shape index (κ2) is 8.78. The first-order valence-electron chi connectivity index (χ1n) is 10.1. The fourth-order valence-electron chi connectivity index (χ4n) is 3.74. The van der Waals surface area contributed by atoms with Gasteiger partial charge in [-0.3, -0.25) is 0 Å². The predicted octanol–water partition coefficient (Wildman–Crippen LogP) is 5.46. The molecule has 0 saturated heterocycles. The molecule has 0 saturated carbocycles. The van der Waals surface area contributed by atoms with Crippen LogP contribution in [-0.2, 0) is 10.0 Å². The van der Waals surface area contributed by atoms with Crippen molar-refractivity contribution in [1.29, 1.82) is 0 Å². The fraction of sp³-hybridized carbons (Fsp3) is 0.167. The summed E-state index contributed by atoms with van der Waals surface area (Å²) in [6, 6.07) is 22.2. The number of ether oxygens (including phenoxy) is 2. The Labute approximate surface area is 195 Å². The predicted molar refractivity (Wildman–Crippen MR) is 130 cm³/mol. The second-order valence-electron chi connectivity index (χ2n) is 7.29. The van der Waals surface area contributed by atoms with Crippen LogP contribution in [0.3, 0.4) is 0 Å². The molecule has 1 atom stereocenters. The summed E-state index contributed by atoms with van der Waals surface area (Å²) in [6.45, 7) is 0.853. The van der Waals surface area contributed by atoms with Crippen molar-refractivity contribution >= 4 is 43.2 Å². The fourth-order valence-corrected chi connectivity index (χ4v) is 6.79. The Morgan fingerprint density at radius 3 is 2.50 bits per heavy atom. The quantitative estimate of drug-likeness (QED) is 0.369. The molecule has 4 aromatic rings. The standard InChI is InChI=1S/C24H21NO4S3/c1-30-22-9-5-3-7-18(22)24(23-14-16-6-2-4-8-21(16)31-23)25-32(26,27)17-10-11-19-20(15-17)29-13-12-28-19/h2-11,14-15,24-25H,12-13H2,1H3/t24-/m1/s1. The monoisotopic (exact) mass is 483 g/mol. The van der Waals surface area contributed by atoms with Gasteiger partial charge in [-0.2, -0.15) is 4.72 Å². The number of thioether (sulfide) groups is 1. The first-order chi connectivity index (χ1) is 15.5. The Balaban J connectivity index is 1.59. The Hall–Kier alpha value is -2.52. The van der Waals surface area contributed by atoms with Crippen molar-refractivity contribution in [3.63, 3.8) is 0 Å². The maximum absolute atomic E-state index is 13.5. The van der Waals surface area contributed by atoms with E-state index in [9.17, 15) is 8.42 Å². The molecular formula is C24H21NO4S3. The van der Waals surface area contributed by atoms with Gasteiger partial charge in [0, 0.05) is 20.5 Å². The molecule has 5 nitrogen and oxygen atoms in total. The zero-order chi connectivity index (χ0) is 22.1. The molecule has 0 amide bonds. The molecule has 1 aliphatic rings. The van der Waals surface area contributed by atoms with Crippen molar-refractivity contribution in [1.82, 2.24) is 4.72 Å². The maximum atomic E-state index is 13.5. The lowest BCUT2D eigenvalue weighted by Crippen LogP contribution is -2.29. The lowest BCUT2D eigenvalue weighted by Gasteiger charge is -2.22. The Morgan fingerprint density at radius 1 is 0.938 bits per heavy atom. The molecule has 1 N–H and O–H groups in total. The second-order valence-corrected chi connectivity index (χ2v) is 11.0. The number of fused-ring (bicyclic) bond motifs is 2. The molecule has 1 aromatic heterocycles. The minimum Gasteiger partial charge on any atom is -0.486 e. The molecule has 0 aliphatic carbocycles. The molecule has 0 radical (unpaired) electrons. The third kappa shape index (κ3) is 4.11. The highest BCUT2D eigenvalue weighted by Gasteiger charge is 2.27. The molecule has 164 valence electrons. The van der Waals surface area contributed by atoms with E-state index >= 15 is 0 Å². The summed E-state index contributed by atoms with van der Waals surface area (Å²) < 4.78 is 42.2. The molecule has 8 heteroatoms. The van der Waals surface area contributed by atoms with Crippen LogP contribution in [0, 0.1) is 0 Å². The van der Waals surface area contributed by atoms with Gasteiger partial charge in [-0.25, -0.2) is 8.42 Å². The van der Waals surface area contributed by atoms with Gasteiger partial charge in [0.2, 0.25) is 10.0 Å². The van der Waals surface area contributed by atoms with Crippen LogP contribution in [0.4, 0.5) is 0 Å². The van der Waals surface area contributed by atoms with Gasteiger partial charge in [0.05, 0.1) is 10.9 Å². The van der Waals surface area contributed by atoms with Gasteiger partial charge in [0.25, 0.3) is 0 Å². The van der Waals surface area contributed by atoms with Gasteiger partial charge >= 0.3 is 0 Å². The van der Waals surface area contributed by atoms with Crippen LogP contribution in [0.25, 0.3) is 10.1 Å². The minimum atomic E-state index is -3.84. The highest BCUT2D eigenvalue weighted by Crippen LogP contribution is 2.38. The number of rotatable bonds is 6. The molecule has 0 unspecified atom stereocenters. The van der Waals surface area contributed by atoms with Gasteiger partial charge in [0.1, 0.15) is 13.2 Å². The first kappa shape index (κ1) is 21.3. The van der Waals surface area contributed by atoms with Crippen LogP contribution in [-0.4, -0.2) is 27.9 Å². The number of hydrogen-bond acceptors (Lipinski definition) is 6. The van der Waals surface area contributed by atoms with E-state index in [0.717, 1.165) is 25.4 Å². The highest BCUT2D eigenvalue weighted by atomic mass is 32.2. The first-order valence-corrected chi connectivity index (χ1v) is 13.6. The Morgan fingerprint density at radius 2 is 1.69 bits per heavy atom. The lowest BCUT2D eigenvalue weighted by atomic mass is 10.1. The third-order valence-electron chi connectivity index (χ3n) is 5.28. The Bertz CT molecular complexity index is 1350. The van der Waals surface area contributed by atoms with Crippen LogP contribution in [0.1, 0.15) is 16.5 Å². The van der Waals surface area contributed by atoms with Crippen molar-refractivity contribution < 1.29 is 17.9 Å². The molecule has 1 aliphatic heterocycles. The minimum absolute atomic E-state index is 0.148. The molecule has 0 spiro atoms. The SMILES string of the molecule is CSc1ccccc1[C@@H](NS(=O)(=O)c1ccc2c(c1)OCCO2)c1cc2ccccc2s1. The number of benzene rings is 3. The molecule has 3 aromatic carbocycles. The van der Waals surface area contributed by atoms with E-state index in [1.807, 2.05) is 48.7 Å². The number of thiophene rings is 1. The molecule has 5 rings (SSSR count). The molecule has 2 heterocycles. The normalized spacial score (nSPS) is 14.4. The lowest BCUT2D eigenvalue weighted by molar-refractivity contribution is 0.171. The summed E-state index contributed by atoms with van der Waals surface area (Å²) in [5, 5.41) is 1.10. The summed E-state index contributed by atoms with van der Waals surface area (Å²) in [6.07, 6.45) is 2.00. The van der Waals surface area contributed by atoms with Crippen LogP contribution < -0.4 is 14.2 Å². The van der Waals surface area contributed by atoms with E-state index in [4.69, 9.17) is 9.47 Å². The van der Waals surface area contributed by atoms with Crippen LogP contribution in [0.2, 0.25) is 0 Å². The van der Waals surface area contributed by atoms with Crippen molar-refractivity contribution in [3.05, 3.63) is 83.2 Å². The van der Waals surface area contributed by atoms with Gasteiger partial charge < -0.3 is 9.47 Å². The van der Waals surface area contributed by atoms with Gasteiger partial charge in [0.15, 0.2) is 11.5 Å². The highest BCUT2D eigenvalue weighted by molar-refractivity contribution is 7.98. The third-order valence-corrected chi connectivity index (χ3v) is 8.69. The van der Waals surface area contributed by atoms with Gasteiger partial charge in [-0.1, -0.05) is 36.4 Å². The summed E-state index contributed by atoms with van der Waals surface area (Å²) in [7, 11) is -3.84. The topological polar surface area (TPSA) is 64.6 Å². The smallest absolute Gasteiger partial charge is 0.241 e. The zero-order valence-electron chi connectivity index (χ0n) is 17.3. The summed E-state index contributed by atoms with van der Waals surface area (Å²) in [5.74, 6) is 1.01. The zero-order valence-corrected chi connectivity index (χ0v) is 19.7. The van der Waals surface area contributed by atoms with Gasteiger partial charge in [-0.05, 0) is 47.5 Å². The van der Waals surface area contributed by atoms with E-state index in [2.05, 4.69) is 16.9 Å². The largest absolute Gasteiger partial charge is 0.486 e. The number of sulfonamides is 1.